The minimum absolute atomic E-state index is 0.177. The van der Waals surface area contributed by atoms with Crippen LogP contribution >= 0.6 is 0 Å². The first-order chi connectivity index (χ1) is 20.5. The molecule has 0 amide bonds. The zero-order valence-electron chi connectivity index (χ0n) is 28.1. The lowest BCUT2D eigenvalue weighted by molar-refractivity contribution is -0.146. The normalized spacial score (nSPS) is 13.7. The van der Waals surface area contributed by atoms with Crippen LogP contribution in [0.2, 0.25) is 0 Å². The van der Waals surface area contributed by atoms with E-state index in [4.69, 9.17) is 0 Å². The van der Waals surface area contributed by atoms with Gasteiger partial charge in [-0.2, -0.15) is 0 Å². The van der Waals surface area contributed by atoms with Crippen LogP contribution in [0, 0.1) is 0 Å². The Kier molecular flexibility index (Phi) is 31.1. The topological polar surface area (TPSA) is 94.8 Å². The summed E-state index contributed by atoms with van der Waals surface area (Å²) in [5, 5.41) is 30.6. The lowest BCUT2D eigenvalue weighted by atomic mass is 9.95. The number of rotatable bonds is 34. The zero-order chi connectivity index (χ0) is 31.1. The fourth-order valence-corrected chi connectivity index (χ4v) is 5.84. The average Bonchev–Trinajstić information content (AvgIpc) is 2.99. The lowest BCUT2D eigenvalue weighted by Crippen LogP contribution is -2.45. The first-order valence-electron chi connectivity index (χ1n) is 18.5. The van der Waals surface area contributed by atoms with Gasteiger partial charge in [-0.15, -0.1) is 0 Å². The molecule has 5 heteroatoms. The summed E-state index contributed by atoms with van der Waals surface area (Å²) in [7, 11) is 0. The third-order valence-corrected chi connectivity index (χ3v) is 8.86. The molecule has 0 aliphatic carbocycles. The minimum atomic E-state index is -1.73. The van der Waals surface area contributed by atoms with E-state index in [1.165, 1.54) is 141 Å². The quantitative estimate of drug-likeness (QED) is 0.0643. The van der Waals surface area contributed by atoms with Gasteiger partial charge in [0.1, 0.15) is 18.3 Å². The highest BCUT2D eigenvalue weighted by molar-refractivity contribution is 5.87. The van der Waals surface area contributed by atoms with Gasteiger partial charge >= 0.3 is 0 Å². The van der Waals surface area contributed by atoms with Crippen molar-refractivity contribution >= 4 is 11.6 Å². The maximum absolute atomic E-state index is 12.3. The number of hydrogen-bond acceptors (Lipinski definition) is 5. The van der Waals surface area contributed by atoms with Crippen LogP contribution in [0.25, 0.3) is 0 Å². The Hall–Kier alpha value is -0.780. The van der Waals surface area contributed by atoms with Crippen LogP contribution in [0.4, 0.5) is 0 Å². The van der Waals surface area contributed by atoms with E-state index in [-0.39, 0.29) is 12.8 Å². The van der Waals surface area contributed by atoms with E-state index < -0.39 is 29.9 Å². The molecule has 0 saturated carbocycles. The molecular formula is C37H72O5. The van der Waals surface area contributed by atoms with Crippen molar-refractivity contribution in [3.05, 3.63) is 0 Å². The Morgan fingerprint density at radius 1 is 0.357 bits per heavy atom. The van der Waals surface area contributed by atoms with Crippen molar-refractivity contribution in [3.63, 3.8) is 0 Å². The van der Waals surface area contributed by atoms with E-state index in [1.54, 1.807) is 0 Å². The number of hydrogen-bond donors (Lipinski definition) is 3. The van der Waals surface area contributed by atoms with Crippen LogP contribution in [0.1, 0.15) is 206 Å². The molecule has 0 heterocycles. The Bertz CT molecular complexity index is 543. The van der Waals surface area contributed by atoms with Crippen molar-refractivity contribution in [3.8, 4) is 0 Å². The summed E-state index contributed by atoms with van der Waals surface area (Å²) in [6, 6.07) is 0. The Morgan fingerprint density at radius 3 is 0.762 bits per heavy atom. The Balaban J connectivity index is 3.68. The van der Waals surface area contributed by atoms with Gasteiger partial charge in [-0.25, -0.2) is 0 Å². The fraction of sp³-hybridized carbons (Fsp3) is 0.946. The molecule has 0 spiro atoms. The van der Waals surface area contributed by atoms with Crippen LogP contribution < -0.4 is 0 Å². The van der Waals surface area contributed by atoms with Gasteiger partial charge in [0.25, 0.3) is 0 Å². The van der Waals surface area contributed by atoms with Gasteiger partial charge in [0.15, 0.2) is 11.6 Å². The van der Waals surface area contributed by atoms with Crippen LogP contribution in [0.5, 0.6) is 0 Å². The second-order valence-electron chi connectivity index (χ2n) is 13.0. The van der Waals surface area contributed by atoms with Crippen molar-refractivity contribution in [2.45, 2.75) is 225 Å². The largest absolute Gasteiger partial charge is 0.387 e. The molecule has 0 aromatic heterocycles. The Morgan fingerprint density at radius 2 is 0.548 bits per heavy atom. The summed E-state index contributed by atoms with van der Waals surface area (Å²) in [5.74, 6) is -0.963. The number of unbranched alkanes of at least 4 members (excludes halogenated alkanes) is 26. The van der Waals surface area contributed by atoms with Crippen molar-refractivity contribution in [1.29, 1.82) is 0 Å². The molecule has 3 N–H and O–H groups in total. The number of aliphatic hydroxyl groups is 3. The molecule has 42 heavy (non-hydrogen) atoms. The summed E-state index contributed by atoms with van der Waals surface area (Å²) in [5.41, 5.74) is 0. The predicted octanol–water partition coefficient (Wildman–Crippen LogP) is 9.95. The van der Waals surface area contributed by atoms with E-state index in [0.717, 1.165) is 25.7 Å². The van der Waals surface area contributed by atoms with Crippen LogP contribution in [-0.4, -0.2) is 45.2 Å². The fourth-order valence-electron chi connectivity index (χ4n) is 5.84. The van der Waals surface area contributed by atoms with Crippen LogP contribution in [0.15, 0.2) is 0 Å². The van der Waals surface area contributed by atoms with Crippen molar-refractivity contribution in [1.82, 2.24) is 0 Å². The van der Waals surface area contributed by atoms with Gasteiger partial charge in [-0.1, -0.05) is 181 Å². The molecule has 0 rings (SSSR count). The molecule has 5 nitrogen and oxygen atoms in total. The third-order valence-electron chi connectivity index (χ3n) is 8.86. The Labute approximate surface area is 261 Å². The lowest BCUT2D eigenvalue weighted by Gasteiger charge is -2.21. The molecule has 0 bridgehead atoms. The summed E-state index contributed by atoms with van der Waals surface area (Å²) >= 11 is 0. The highest BCUT2D eigenvalue weighted by Gasteiger charge is 2.33. The number of carbonyl (C=O) groups excluding carboxylic acids is 2. The maximum Gasteiger partial charge on any atom is 0.164 e. The van der Waals surface area contributed by atoms with E-state index in [9.17, 15) is 24.9 Å². The van der Waals surface area contributed by atoms with E-state index in [1.807, 2.05) is 0 Å². The van der Waals surface area contributed by atoms with Gasteiger partial charge in [0.2, 0.25) is 0 Å². The maximum atomic E-state index is 12.3. The van der Waals surface area contributed by atoms with Crippen LogP contribution in [-0.2, 0) is 9.59 Å². The summed E-state index contributed by atoms with van der Waals surface area (Å²) in [6.45, 7) is 4.51. The third kappa shape index (κ3) is 25.7. The SMILES string of the molecule is CCCCCCCCCCCCCCCCC(=O)C(O)C(O)C(O)C(=O)CCCCCCCCCCCCCCCC. The molecule has 0 aliphatic rings. The smallest absolute Gasteiger partial charge is 0.164 e. The molecule has 0 saturated heterocycles. The standard InChI is InChI=1S/C37H72O5/c1-3-5-7-9-11-13-15-17-19-21-23-25-27-29-31-33(38)35(40)37(42)36(41)34(39)32-30-28-26-24-22-20-18-16-14-12-10-8-6-4-2/h35-37,40-42H,3-32H2,1-2H3. The van der Waals surface area contributed by atoms with Crippen molar-refractivity contribution < 1.29 is 24.9 Å². The van der Waals surface area contributed by atoms with Crippen molar-refractivity contribution in [2.75, 3.05) is 0 Å². The van der Waals surface area contributed by atoms with E-state index in [0.29, 0.717) is 12.8 Å². The number of Topliss-reactive ketones (excluding diaryl/α,β-unsaturated/α-hetero) is 2. The van der Waals surface area contributed by atoms with Crippen LogP contribution in [0.3, 0.4) is 0 Å². The minimum Gasteiger partial charge on any atom is -0.387 e. The average molecular weight is 597 g/mol. The predicted molar refractivity (Wildman–Crippen MR) is 178 cm³/mol. The summed E-state index contributed by atoms with van der Waals surface area (Å²) in [6.07, 6.45) is 29.6. The van der Waals surface area contributed by atoms with Gasteiger partial charge in [-0.3, -0.25) is 9.59 Å². The molecule has 2 atom stereocenters. The molecule has 0 aromatic carbocycles. The molecule has 2 unspecified atom stereocenters. The van der Waals surface area contributed by atoms with E-state index in [2.05, 4.69) is 13.8 Å². The summed E-state index contributed by atoms with van der Waals surface area (Å²) < 4.78 is 0. The second kappa shape index (κ2) is 31.6. The molecule has 0 fully saturated rings. The first-order valence-corrected chi connectivity index (χ1v) is 18.5. The van der Waals surface area contributed by atoms with Gasteiger partial charge < -0.3 is 15.3 Å². The highest BCUT2D eigenvalue weighted by Crippen LogP contribution is 2.16. The van der Waals surface area contributed by atoms with Crippen molar-refractivity contribution in [2.24, 2.45) is 0 Å². The number of aliphatic hydroxyl groups excluding tert-OH is 3. The molecule has 0 aromatic rings. The molecule has 0 aliphatic heterocycles. The second-order valence-corrected chi connectivity index (χ2v) is 13.0. The first kappa shape index (κ1) is 41.2. The zero-order valence-corrected chi connectivity index (χ0v) is 28.1. The molecule has 250 valence electrons. The van der Waals surface area contributed by atoms with Gasteiger partial charge in [-0.05, 0) is 12.8 Å². The highest BCUT2D eigenvalue weighted by atomic mass is 16.4. The monoisotopic (exact) mass is 597 g/mol. The summed E-state index contributed by atoms with van der Waals surface area (Å²) in [4.78, 5) is 24.6. The van der Waals surface area contributed by atoms with E-state index >= 15 is 0 Å². The van der Waals surface area contributed by atoms with Gasteiger partial charge in [0, 0.05) is 12.8 Å². The number of carbonyl (C=O) groups is 2. The number of ketones is 2. The molecular weight excluding hydrogens is 524 g/mol. The van der Waals surface area contributed by atoms with Gasteiger partial charge in [0.05, 0.1) is 0 Å². The molecule has 0 radical (unpaired) electrons.